The average molecular weight is 423 g/mol. The molecule has 3 aromatic carbocycles. The van der Waals surface area contributed by atoms with Gasteiger partial charge in [0.2, 0.25) is 0 Å². The van der Waals surface area contributed by atoms with E-state index >= 15 is 0 Å². The van der Waals surface area contributed by atoms with Crippen LogP contribution in [0.1, 0.15) is 33.4 Å². The maximum atomic E-state index is 13.8. The van der Waals surface area contributed by atoms with Gasteiger partial charge in [-0.25, -0.2) is 4.90 Å². The molecule has 0 fully saturated rings. The van der Waals surface area contributed by atoms with Crippen molar-refractivity contribution >= 4 is 23.1 Å². The molecule has 0 aliphatic carbocycles. The lowest BCUT2D eigenvalue weighted by Gasteiger charge is -2.31. The molecule has 0 spiro atoms. The van der Waals surface area contributed by atoms with Gasteiger partial charge in [0.15, 0.2) is 0 Å². The Hall–Kier alpha value is -3.66. The van der Waals surface area contributed by atoms with Crippen molar-refractivity contribution in [3.05, 3.63) is 106 Å². The predicted molar refractivity (Wildman–Crippen MR) is 127 cm³/mol. The number of amides is 2. The first-order chi connectivity index (χ1) is 15.4. The normalized spacial score (nSPS) is 16.1. The van der Waals surface area contributed by atoms with Crippen LogP contribution in [0, 0.1) is 20.8 Å². The zero-order valence-corrected chi connectivity index (χ0v) is 18.7. The largest absolute Gasteiger partial charge is 0.362 e. The zero-order chi connectivity index (χ0) is 22.4. The third-order valence-electron chi connectivity index (χ3n) is 6.59. The van der Waals surface area contributed by atoms with Gasteiger partial charge in [-0.3, -0.25) is 9.59 Å². The second kappa shape index (κ2) is 7.79. The van der Waals surface area contributed by atoms with Gasteiger partial charge in [-0.05, 0) is 67.1 Å². The Morgan fingerprint density at radius 3 is 2.19 bits per heavy atom. The average Bonchev–Trinajstić information content (AvgIpc) is 3.06. The topological polar surface area (TPSA) is 40.6 Å². The second-order valence-electron chi connectivity index (χ2n) is 8.74. The van der Waals surface area contributed by atoms with Gasteiger partial charge in [0.05, 0.1) is 11.3 Å². The van der Waals surface area contributed by atoms with Gasteiger partial charge in [-0.1, -0.05) is 60.2 Å². The summed E-state index contributed by atoms with van der Waals surface area (Å²) in [4.78, 5) is 30.9. The molecule has 2 amide bonds. The Kier molecular flexibility index (Phi) is 4.93. The van der Waals surface area contributed by atoms with E-state index in [1.54, 1.807) is 0 Å². The van der Waals surface area contributed by atoms with E-state index in [-0.39, 0.29) is 11.8 Å². The van der Waals surface area contributed by atoms with Gasteiger partial charge in [-0.15, -0.1) is 0 Å². The van der Waals surface area contributed by atoms with Crippen molar-refractivity contribution in [1.82, 2.24) is 4.90 Å². The molecule has 32 heavy (non-hydrogen) atoms. The molecule has 2 aliphatic heterocycles. The number of anilines is 1. The van der Waals surface area contributed by atoms with Crippen LogP contribution < -0.4 is 4.90 Å². The molecule has 160 valence electrons. The maximum Gasteiger partial charge on any atom is 0.282 e. The number of benzene rings is 3. The number of carbonyl (C=O) groups is 2. The van der Waals surface area contributed by atoms with Crippen LogP contribution >= 0.6 is 0 Å². The highest BCUT2D eigenvalue weighted by molar-refractivity contribution is 6.45. The van der Waals surface area contributed by atoms with E-state index in [0.29, 0.717) is 30.0 Å². The molecule has 2 aliphatic rings. The summed E-state index contributed by atoms with van der Waals surface area (Å²) in [6, 6.07) is 21.9. The summed E-state index contributed by atoms with van der Waals surface area (Å²) < 4.78 is 0. The van der Waals surface area contributed by atoms with E-state index in [0.717, 1.165) is 28.7 Å². The molecule has 4 heteroatoms. The fourth-order valence-electron chi connectivity index (χ4n) is 4.58. The number of nitrogens with zero attached hydrogens (tertiary/aromatic N) is 2. The molecule has 0 saturated heterocycles. The summed E-state index contributed by atoms with van der Waals surface area (Å²) >= 11 is 0. The minimum atomic E-state index is -0.254. The number of fused-ring (bicyclic) bond motifs is 1. The van der Waals surface area contributed by atoms with Crippen molar-refractivity contribution < 1.29 is 9.59 Å². The lowest BCUT2D eigenvalue weighted by Crippen LogP contribution is -2.37. The SMILES string of the molecule is Cc1ccc(N2C(=O)C(c3ccc(C)c(C)c3)=C(N3CCc4ccccc4C3)C2=O)cc1. The predicted octanol–water partition coefficient (Wildman–Crippen LogP) is 4.95. The minimum absolute atomic E-state index is 0.244. The number of hydrogen-bond donors (Lipinski definition) is 0. The zero-order valence-electron chi connectivity index (χ0n) is 18.7. The molecule has 5 rings (SSSR count). The Balaban J connectivity index is 1.63. The van der Waals surface area contributed by atoms with Crippen molar-refractivity contribution in [3.8, 4) is 0 Å². The van der Waals surface area contributed by atoms with E-state index in [1.165, 1.54) is 16.0 Å². The molecule has 0 saturated carbocycles. The van der Waals surface area contributed by atoms with Gasteiger partial charge in [0.1, 0.15) is 5.70 Å². The van der Waals surface area contributed by atoms with E-state index in [4.69, 9.17) is 0 Å². The molecular formula is C28H26N2O2. The number of imide groups is 1. The standard InChI is InChI=1S/C28H26N2O2/c1-18-8-12-24(13-9-18)30-27(31)25(22-11-10-19(2)20(3)16-22)26(28(30)32)29-15-14-21-6-4-5-7-23(21)17-29/h4-13,16H,14-15,17H2,1-3H3. The van der Waals surface area contributed by atoms with Crippen LogP contribution in [0.4, 0.5) is 5.69 Å². The summed E-state index contributed by atoms with van der Waals surface area (Å²) in [5.74, 6) is -0.498. The van der Waals surface area contributed by atoms with Crippen LogP contribution in [0.25, 0.3) is 5.57 Å². The smallest absolute Gasteiger partial charge is 0.282 e. The van der Waals surface area contributed by atoms with E-state index < -0.39 is 0 Å². The Bertz CT molecular complexity index is 1270. The molecule has 2 heterocycles. The monoisotopic (exact) mass is 422 g/mol. The van der Waals surface area contributed by atoms with Gasteiger partial charge < -0.3 is 4.90 Å². The van der Waals surface area contributed by atoms with Crippen molar-refractivity contribution in [2.45, 2.75) is 33.7 Å². The minimum Gasteiger partial charge on any atom is -0.362 e. The Morgan fingerprint density at radius 2 is 1.47 bits per heavy atom. The first-order valence-corrected chi connectivity index (χ1v) is 11.0. The van der Waals surface area contributed by atoms with Crippen molar-refractivity contribution in [2.75, 3.05) is 11.4 Å². The van der Waals surface area contributed by atoms with Gasteiger partial charge >= 0.3 is 0 Å². The van der Waals surface area contributed by atoms with Gasteiger partial charge in [-0.2, -0.15) is 0 Å². The maximum absolute atomic E-state index is 13.8. The van der Waals surface area contributed by atoms with Crippen LogP contribution in [0.15, 0.2) is 72.4 Å². The molecule has 0 atom stereocenters. The summed E-state index contributed by atoms with van der Waals surface area (Å²) in [6.07, 6.45) is 0.853. The van der Waals surface area contributed by atoms with Crippen molar-refractivity contribution in [3.63, 3.8) is 0 Å². The lowest BCUT2D eigenvalue weighted by molar-refractivity contribution is -0.120. The summed E-state index contributed by atoms with van der Waals surface area (Å²) in [7, 11) is 0. The van der Waals surface area contributed by atoms with Crippen LogP contribution in [-0.2, 0) is 22.6 Å². The van der Waals surface area contributed by atoms with Crippen molar-refractivity contribution in [1.29, 1.82) is 0 Å². The summed E-state index contributed by atoms with van der Waals surface area (Å²) in [6.45, 7) is 7.42. The summed E-state index contributed by atoms with van der Waals surface area (Å²) in [5.41, 5.74) is 8.29. The lowest BCUT2D eigenvalue weighted by atomic mass is 9.96. The van der Waals surface area contributed by atoms with Crippen LogP contribution in [-0.4, -0.2) is 23.3 Å². The molecule has 0 radical (unpaired) electrons. The molecule has 0 N–H and O–H groups in total. The third kappa shape index (κ3) is 3.32. The van der Waals surface area contributed by atoms with Gasteiger partial charge in [0, 0.05) is 13.1 Å². The number of hydrogen-bond acceptors (Lipinski definition) is 3. The van der Waals surface area contributed by atoms with Crippen molar-refractivity contribution in [2.24, 2.45) is 0 Å². The first-order valence-electron chi connectivity index (χ1n) is 11.0. The van der Waals surface area contributed by atoms with E-state index in [9.17, 15) is 9.59 Å². The number of aryl methyl sites for hydroxylation is 3. The molecule has 4 nitrogen and oxygen atoms in total. The quantitative estimate of drug-likeness (QED) is 0.561. The fourth-order valence-corrected chi connectivity index (χ4v) is 4.58. The van der Waals surface area contributed by atoms with Gasteiger partial charge in [0.25, 0.3) is 11.8 Å². The number of carbonyl (C=O) groups excluding carboxylic acids is 2. The highest BCUT2D eigenvalue weighted by atomic mass is 16.2. The number of rotatable bonds is 3. The molecule has 0 unspecified atom stereocenters. The molecule has 3 aromatic rings. The molecule has 0 aromatic heterocycles. The fraction of sp³-hybridized carbons (Fsp3) is 0.214. The van der Waals surface area contributed by atoms with Crippen LogP contribution in [0.3, 0.4) is 0 Å². The highest BCUT2D eigenvalue weighted by Crippen LogP contribution is 2.37. The van der Waals surface area contributed by atoms with Crippen LogP contribution in [0.2, 0.25) is 0 Å². The second-order valence-corrected chi connectivity index (χ2v) is 8.74. The Morgan fingerprint density at radius 1 is 0.750 bits per heavy atom. The van der Waals surface area contributed by atoms with E-state index in [2.05, 4.69) is 30.0 Å². The third-order valence-corrected chi connectivity index (χ3v) is 6.59. The highest BCUT2D eigenvalue weighted by Gasteiger charge is 2.43. The Labute approximate surface area is 188 Å². The summed E-state index contributed by atoms with van der Waals surface area (Å²) in [5, 5.41) is 0. The van der Waals surface area contributed by atoms with Crippen LogP contribution in [0.5, 0.6) is 0 Å². The first kappa shape index (κ1) is 20.3. The van der Waals surface area contributed by atoms with E-state index in [1.807, 2.05) is 62.4 Å². The molecule has 0 bridgehead atoms. The molecular weight excluding hydrogens is 396 g/mol.